The van der Waals surface area contributed by atoms with Crippen molar-refractivity contribution in [1.29, 1.82) is 0 Å². The van der Waals surface area contributed by atoms with E-state index in [0.29, 0.717) is 16.5 Å². The average Bonchev–Trinajstić information content (AvgIpc) is 2.80. The predicted molar refractivity (Wildman–Crippen MR) is 132 cm³/mol. The maximum absolute atomic E-state index is 12.0. The molecule has 42 heavy (non-hydrogen) atoms. The van der Waals surface area contributed by atoms with Crippen LogP contribution in [0.4, 0.5) is 17.1 Å². The van der Waals surface area contributed by atoms with E-state index in [1.807, 2.05) is 0 Å². The largest absolute Gasteiger partial charge is 1.00 e. The normalized spacial score (nSPS) is 10.9. The zero-order valence-electron chi connectivity index (χ0n) is 22.4. The summed E-state index contributed by atoms with van der Waals surface area (Å²) in [6.07, 6.45) is 0. The number of phenolic OH excluding ortho intramolecular Hbond substituents is 1. The molecular formula is C19H17N3Na3O13S4-. The molecule has 0 aliphatic carbocycles. The van der Waals surface area contributed by atoms with E-state index in [-0.39, 0.29) is 111 Å². The number of hydrogen-bond acceptors (Lipinski definition) is 15. The first-order valence-corrected chi connectivity index (χ1v) is 15.1. The number of anilines is 1. The zero-order chi connectivity index (χ0) is 30.2. The summed E-state index contributed by atoms with van der Waals surface area (Å²) < 4.78 is 117. The molecule has 0 spiro atoms. The summed E-state index contributed by atoms with van der Waals surface area (Å²) in [5.74, 6) is -0.537. The van der Waals surface area contributed by atoms with Crippen molar-refractivity contribution in [3.63, 3.8) is 0 Å². The fourth-order valence-electron chi connectivity index (χ4n) is 2.76. The minimum Gasteiger partial charge on any atom is -0.744 e. The summed E-state index contributed by atoms with van der Waals surface area (Å²) in [7, 11) is -15.3. The van der Waals surface area contributed by atoms with Crippen LogP contribution in [-0.2, 0) is 41.0 Å². The standard InChI is InChI=1S/C19H17N3O6S2.3Na.H2O4S.O3S/c1-3-29(24,25)12-7-9-15(18(11-12)30(26,27)28)21-22-19-14-5-4-6-17(23)13(14)8-10-16(19)20-2;;;;1-5(2,3)4;1-4(2)3/h5-11,20,23H,1,3H2,2H3,(H,26,27,28);;;;(H2,1,2,3,4);/q-2;3*+1;;/p-2. The molecule has 0 aliphatic rings. The molecule has 23 heteroatoms. The smallest absolute Gasteiger partial charge is 0.744 e. The molecule has 0 saturated carbocycles. The summed E-state index contributed by atoms with van der Waals surface area (Å²) in [6.45, 7) is 3.29. The van der Waals surface area contributed by atoms with Crippen molar-refractivity contribution >= 4 is 68.8 Å². The maximum Gasteiger partial charge on any atom is 1.00 e. The number of fused-ring (bicyclic) bond motifs is 1. The summed E-state index contributed by atoms with van der Waals surface area (Å²) >= 11 is 0. The van der Waals surface area contributed by atoms with Gasteiger partial charge in [-0.3, -0.25) is 4.55 Å². The van der Waals surface area contributed by atoms with Crippen LogP contribution in [0.5, 0.6) is 5.75 Å². The number of sulfone groups is 1. The van der Waals surface area contributed by atoms with Crippen molar-refractivity contribution in [3.8, 4) is 5.75 Å². The van der Waals surface area contributed by atoms with Gasteiger partial charge in [-0.25, -0.2) is 25.3 Å². The number of rotatable bonds is 6. The number of azo groups is 1. The summed E-state index contributed by atoms with van der Waals surface area (Å²) in [5.41, 5.74) is 0.468. The van der Waals surface area contributed by atoms with E-state index in [2.05, 4.69) is 28.5 Å². The van der Waals surface area contributed by atoms with Crippen LogP contribution in [0.1, 0.15) is 0 Å². The first-order valence-electron chi connectivity index (χ1n) is 9.64. The maximum atomic E-state index is 12.0. The van der Waals surface area contributed by atoms with Crippen LogP contribution >= 0.6 is 0 Å². The molecule has 0 amide bonds. The van der Waals surface area contributed by atoms with Crippen molar-refractivity contribution in [3.05, 3.63) is 55.5 Å². The van der Waals surface area contributed by atoms with Gasteiger partial charge in [0.2, 0.25) is 10.4 Å². The van der Waals surface area contributed by atoms with Crippen LogP contribution in [0.2, 0.25) is 0 Å². The number of aromatic hydroxyl groups is 1. The Balaban J connectivity index is -0.00000111. The molecule has 0 aliphatic heterocycles. The Morgan fingerprint density at radius 2 is 1.45 bits per heavy atom. The van der Waals surface area contributed by atoms with Gasteiger partial charge in [0.05, 0.1) is 15.5 Å². The molecule has 0 aromatic heterocycles. The molecule has 0 heterocycles. The second-order valence-corrected chi connectivity index (χ2v) is 11.5. The Kier molecular flexibility index (Phi) is 21.6. The fourth-order valence-corrected chi connectivity index (χ4v) is 4.28. The Hall–Kier alpha value is -0.530. The van der Waals surface area contributed by atoms with Gasteiger partial charge in [-0.1, -0.05) is 22.6 Å². The van der Waals surface area contributed by atoms with E-state index in [1.165, 1.54) is 6.07 Å². The third-order valence-corrected chi connectivity index (χ3v) is 6.67. The Labute approximate surface area is 309 Å². The van der Waals surface area contributed by atoms with E-state index in [4.69, 9.17) is 30.1 Å². The van der Waals surface area contributed by atoms with Gasteiger partial charge in [-0.15, -0.1) is 18.7 Å². The van der Waals surface area contributed by atoms with E-state index in [1.54, 1.807) is 25.2 Å². The van der Waals surface area contributed by atoms with Crippen LogP contribution in [0.25, 0.3) is 10.8 Å². The topological polar surface area (TPSA) is 277 Å². The van der Waals surface area contributed by atoms with Gasteiger partial charge in [-0.2, -0.15) is 22.4 Å². The minimum atomic E-state index is -5.04. The second-order valence-electron chi connectivity index (χ2n) is 6.75. The Bertz CT molecular complexity index is 1820. The summed E-state index contributed by atoms with van der Waals surface area (Å²) in [4.78, 5) is -1.17. The first-order chi connectivity index (χ1) is 17.8. The van der Waals surface area contributed by atoms with Gasteiger partial charge < -0.3 is 26.5 Å². The molecule has 0 bridgehead atoms. The second kappa shape index (κ2) is 19.8. The SMILES string of the molecule is O=S(=O)([O-])O.O=S(=O)=O.[CH2-]CS(=O)(=O)c1ccc(N=Nc2c(NC)ccc3c(O)c[c-]cc23)c(S(=O)(=O)[O-])c1.[Na+].[Na+].[Na+]. The third kappa shape index (κ3) is 15.5. The molecule has 0 saturated heterocycles. The molecule has 0 unspecified atom stereocenters. The third-order valence-electron chi connectivity index (χ3n) is 4.30. The fraction of sp³-hybridized carbons (Fsp3) is 0.105. The molecule has 16 nitrogen and oxygen atoms in total. The molecule has 214 valence electrons. The van der Waals surface area contributed by atoms with E-state index >= 15 is 0 Å². The molecule has 3 N–H and O–H groups in total. The number of nitrogens with one attached hydrogen (secondary N) is 1. The molecule has 3 rings (SSSR count). The molecule has 0 radical (unpaired) electrons. The summed E-state index contributed by atoms with van der Waals surface area (Å²) in [5, 5.41) is 21.8. The van der Waals surface area contributed by atoms with Crippen molar-refractivity contribution in [2.24, 2.45) is 10.2 Å². The van der Waals surface area contributed by atoms with Crippen molar-refractivity contribution in [1.82, 2.24) is 0 Å². The van der Waals surface area contributed by atoms with E-state index in [9.17, 15) is 26.5 Å². The molecule has 0 atom stereocenters. The van der Waals surface area contributed by atoms with Crippen LogP contribution in [0.3, 0.4) is 0 Å². The molecule has 3 aromatic carbocycles. The van der Waals surface area contributed by atoms with Gasteiger partial charge >= 0.3 is 99.3 Å². The first kappa shape index (κ1) is 45.9. The van der Waals surface area contributed by atoms with Gasteiger partial charge in [-0.05, 0) is 24.3 Å². The Morgan fingerprint density at radius 1 is 0.929 bits per heavy atom. The zero-order valence-corrected chi connectivity index (χ0v) is 31.6. The molecule has 3 aromatic rings. The quantitative estimate of drug-likeness (QED) is 0.0712. The monoisotopic (exact) mass is 692 g/mol. The summed E-state index contributed by atoms with van der Waals surface area (Å²) in [6, 6.07) is 12.0. The number of phenols is 1. The molecule has 0 fully saturated rings. The number of nitrogens with zero attached hydrogens (tertiary/aromatic N) is 2. The van der Waals surface area contributed by atoms with Crippen molar-refractivity contribution in [2.45, 2.75) is 9.79 Å². The average molecular weight is 693 g/mol. The van der Waals surface area contributed by atoms with E-state index in [0.717, 1.165) is 18.2 Å². The van der Waals surface area contributed by atoms with Gasteiger partial charge in [0.25, 0.3) is 0 Å². The van der Waals surface area contributed by atoms with Crippen molar-refractivity contribution < 1.29 is 145 Å². The number of benzene rings is 3. The van der Waals surface area contributed by atoms with Gasteiger partial charge in [0.15, 0.2) is 9.84 Å². The minimum absolute atomic E-state index is 0. The Morgan fingerprint density at radius 3 is 1.90 bits per heavy atom. The van der Waals surface area contributed by atoms with E-state index < -0.39 is 51.6 Å². The van der Waals surface area contributed by atoms with Gasteiger partial charge in [0, 0.05) is 18.5 Å². The van der Waals surface area contributed by atoms with Gasteiger partial charge in [0.1, 0.15) is 15.8 Å². The van der Waals surface area contributed by atoms with Crippen LogP contribution in [0, 0.1) is 13.0 Å². The van der Waals surface area contributed by atoms with Crippen LogP contribution < -0.4 is 94.0 Å². The predicted octanol–water partition coefficient (Wildman–Crippen LogP) is -7.67. The number of hydrogen-bond donors (Lipinski definition) is 3. The molecular weight excluding hydrogens is 675 g/mol. The van der Waals surface area contributed by atoms with Crippen molar-refractivity contribution in [2.75, 3.05) is 18.1 Å². The van der Waals surface area contributed by atoms with Crippen LogP contribution in [0.15, 0.2) is 62.5 Å². The van der Waals surface area contributed by atoms with Crippen LogP contribution in [-0.4, -0.2) is 69.4 Å².